The van der Waals surface area contributed by atoms with Crippen molar-refractivity contribution in [1.82, 2.24) is 0 Å². The lowest BCUT2D eigenvalue weighted by Crippen LogP contribution is -2.19. The Kier molecular flexibility index (Phi) is 7.46. The van der Waals surface area contributed by atoms with Crippen LogP contribution in [0.5, 0.6) is 0 Å². The fraction of sp³-hybridized carbons (Fsp3) is 0.500. The fourth-order valence-electron chi connectivity index (χ4n) is 0.950. The van der Waals surface area contributed by atoms with Crippen molar-refractivity contribution in [3.8, 4) is 0 Å². The van der Waals surface area contributed by atoms with Gasteiger partial charge in [0.05, 0.1) is 0 Å². The number of allylic oxidation sites excluding steroid dienone is 2. The lowest BCUT2D eigenvalue weighted by Gasteiger charge is -2.01. The van der Waals surface area contributed by atoms with Crippen LogP contribution in [0.25, 0.3) is 0 Å². The summed E-state index contributed by atoms with van der Waals surface area (Å²) >= 11 is 0. The predicted octanol–water partition coefficient (Wildman–Crippen LogP) is 2.69. The van der Waals surface area contributed by atoms with Gasteiger partial charge >= 0.3 is 0 Å². The summed E-state index contributed by atoms with van der Waals surface area (Å²) in [4.78, 5) is 8.39. The van der Waals surface area contributed by atoms with Crippen molar-refractivity contribution >= 4 is 11.9 Å². The molecular formula is C12H21N3. The number of aliphatic imine (C=N–C) groups is 2. The monoisotopic (exact) mass is 207 g/mol. The van der Waals surface area contributed by atoms with Crippen LogP contribution in [0.3, 0.4) is 0 Å². The molecule has 0 rings (SSSR count). The Morgan fingerprint density at radius 1 is 1.47 bits per heavy atom. The van der Waals surface area contributed by atoms with Crippen molar-refractivity contribution < 1.29 is 0 Å². The zero-order valence-corrected chi connectivity index (χ0v) is 9.90. The smallest absolute Gasteiger partial charge is 0.0415 e. The van der Waals surface area contributed by atoms with Crippen molar-refractivity contribution in [2.45, 2.75) is 39.7 Å². The van der Waals surface area contributed by atoms with Crippen LogP contribution in [0.4, 0.5) is 0 Å². The van der Waals surface area contributed by atoms with Crippen molar-refractivity contribution in [3.63, 3.8) is 0 Å². The van der Waals surface area contributed by atoms with Crippen molar-refractivity contribution in [3.05, 3.63) is 24.6 Å². The van der Waals surface area contributed by atoms with Gasteiger partial charge in [-0.3, -0.25) is 9.98 Å². The topological polar surface area (TPSA) is 50.7 Å². The quantitative estimate of drug-likeness (QED) is 0.669. The van der Waals surface area contributed by atoms with E-state index >= 15 is 0 Å². The highest BCUT2D eigenvalue weighted by molar-refractivity contribution is 5.93. The van der Waals surface area contributed by atoms with Crippen LogP contribution < -0.4 is 5.73 Å². The minimum Gasteiger partial charge on any atom is -0.323 e. The summed E-state index contributed by atoms with van der Waals surface area (Å²) < 4.78 is 0. The Labute approximate surface area is 92.5 Å². The molecule has 0 heterocycles. The molecule has 15 heavy (non-hydrogen) atoms. The Hall–Kier alpha value is -1.22. The largest absolute Gasteiger partial charge is 0.323 e. The molecule has 3 nitrogen and oxygen atoms in total. The molecule has 84 valence electrons. The highest BCUT2D eigenvalue weighted by atomic mass is 14.8. The van der Waals surface area contributed by atoms with E-state index in [2.05, 4.69) is 23.5 Å². The zero-order valence-electron chi connectivity index (χ0n) is 9.90. The maximum atomic E-state index is 5.74. The van der Waals surface area contributed by atoms with Gasteiger partial charge in [-0.05, 0) is 25.8 Å². The molecule has 0 saturated heterocycles. The molecule has 0 bridgehead atoms. The summed E-state index contributed by atoms with van der Waals surface area (Å²) in [7, 11) is 0. The molecule has 0 amide bonds. The Morgan fingerprint density at radius 2 is 2.13 bits per heavy atom. The molecule has 0 aliphatic rings. The zero-order chi connectivity index (χ0) is 11.7. The van der Waals surface area contributed by atoms with Crippen LogP contribution in [0.2, 0.25) is 0 Å². The van der Waals surface area contributed by atoms with E-state index in [4.69, 9.17) is 5.73 Å². The van der Waals surface area contributed by atoms with Crippen LogP contribution in [0, 0.1) is 0 Å². The van der Waals surface area contributed by atoms with Crippen LogP contribution in [0.1, 0.15) is 33.6 Å². The van der Waals surface area contributed by atoms with Gasteiger partial charge in [0.1, 0.15) is 0 Å². The SMILES string of the molecule is C=CN=C(C)/C=C(/CC)N=CC(N)CC. The summed E-state index contributed by atoms with van der Waals surface area (Å²) in [6.45, 7) is 9.56. The lowest BCUT2D eigenvalue weighted by molar-refractivity contribution is 0.830. The van der Waals surface area contributed by atoms with E-state index in [1.54, 1.807) is 6.21 Å². The standard InChI is InChI=1S/C12H21N3/c1-5-11(13)9-15-12(6-2)8-10(4)14-7-3/h7-9,11H,3,5-6,13H2,1-2,4H3/b12-8-,14-10?,15-9?. The van der Waals surface area contributed by atoms with E-state index in [-0.39, 0.29) is 6.04 Å². The first-order valence-corrected chi connectivity index (χ1v) is 5.29. The molecule has 1 unspecified atom stereocenters. The summed E-state index contributed by atoms with van der Waals surface area (Å²) in [5.74, 6) is 0. The first-order valence-electron chi connectivity index (χ1n) is 5.29. The molecule has 0 aromatic carbocycles. The average Bonchev–Trinajstić information content (AvgIpc) is 2.23. The third-order valence-electron chi connectivity index (χ3n) is 1.94. The highest BCUT2D eigenvalue weighted by Gasteiger charge is 1.94. The first-order chi connectivity index (χ1) is 7.13. The highest BCUT2D eigenvalue weighted by Crippen LogP contribution is 2.03. The second-order valence-electron chi connectivity index (χ2n) is 3.29. The molecule has 2 N–H and O–H groups in total. The third-order valence-corrected chi connectivity index (χ3v) is 1.94. The Morgan fingerprint density at radius 3 is 2.60 bits per heavy atom. The predicted molar refractivity (Wildman–Crippen MR) is 68.4 cm³/mol. The Balaban J connectivity index is 4.55. The molecule has 0 aromatic heterocycles. The van der Waals surface area contributed by atoms with E-state index in [0.29, 0.717) is 0 Å². The summed E-state index contributed by atoms with van der Waals surface area (Å²) in [5, 5.41) is 0. The summed E-state index contributed by atoms with van der Waals surface area (Å²) in [6.07, 6.45) is 7.04. The molecule has 0 aliphatic heterocycles. The number of hydrogen-bond donors (Lipinski definition) is 1. The average molecular weight is 207 g/mol. The van der Waals surface area contributed by atoms with Crippen LogP contribution in [-0.2, 0) is 0 Å². The van der Waals surface area contributed by atoms with Gasteiger partial charge in [0.25, 0.3) is 0 Å². The van der Waals surface area contributed by atoms with E-state index < -0.39 is 0 Å². The minimum atomic E-state index is 0.0385. The summed E-state index contributed by atoms with van der Waals surface area (Å²) in [5.41, 5.74) is 7.64. The molecule has 0 aromatic rings. The van der Waals surface area contributed by atoms with E-state index in [9.17, 15) is 0 Å². The van der Waals surface area contributed by atoms with Crippen LogP contribution in [0.15, 0.2) is 34.5 Å². The van der Waals surface area contributed by atoms with Crippen molar-refractivity contribution in [1.29, 1.82) is 0 Å². The van der Waals surface area contributed by atoms with Crippen molar-refractivity contribution in [2.24, 2.45) is 15.7 Å². The van der Waals surface area contributed by atoms with Gasteiger partial charge in [0, 0.05) is 29.9 Å². The second-order valence-corrected chi connectivity index (χ2v) is 3.29. The molecular weight excluding hydrogens is 186 g/mol. The summed E-state index contributed by atoms with van der Waals surface area (Å²) in [6, 6.07) is 0.0385. The molecule has 0 aliphatic carbocycles. The van der Waals surface area contributed by atoms with E-state index in [1.165, 1.54) is 6.20 Å². The van der Waals surface area contributed by atoms with Gasteiger partial charge in [-0.15, -0.1) is 0 Å². The first kappa shape index (κ1) is 13.8. The number of rotatable bonds is 6. The van der Waals surface area contributed by atoms with Gasteiger partial charge in [-0.1, -0.05) is 20.4 Å². The van der Waals surface area contributed by atoms with Crippen LogP contribution in [-0.4, -0.2) is 18.0 Å². The van der Waals surface area contributed by atoms with Crippen LogP contribution >= 0.6 is 0 Å². The van der Waals surface area contributed by atoms with Gasteiger partial charge in [-0.2, -0.15) is 0 Å². The minimum absolute atomic E-state index is 0.0385. The molecule has 0 radical (unpaired) electrons. The van der Waals surface area contributed by atoms with Gasteiger partial charge in [0.15, 0.2) is 0 Å². The maximum Gasteiger partial charge on any atom is 0.0415 e. The van der Waals surface area contributed by atoms with Gasteiger partial charge in [0.2, 0.25) is 0 Å². The second kappa shape index (κ2) is 8.12. The molecule has 0 saturated carbocycles. The normalized spacial score (nSPS) is 15.7. The molecule has 0 spiro atoms. The van der Waals surface area contributed by atoms with Gasteiger partial charge in [-0.25, -0.2) is 0 Å². The maximum absolute atomic E-state index is 5.74. The number of hydrogen-bond acceptors (Lipinski definition) is 3. The molecule has 3 heteroatoms. The van der Waals surface area contributed by atoms with E-state index in [0.717, 1.165) is 24.3 Å². The fourth-order valence-corrected chi connectivity index (χ4v) is 0.950. The number of nitrogens with zero attached hydrogens (tertiary/aromatic N) is 2. The molecule has 0 fully saturated rings. The number of nitrogens with two attached hydrogens (primary N) is 1. The van der Waals surface area contributed by atoms with E-state index in [1.807, 2.05) is 19.9 Å². The molecule has 1 atom stereocenters. The third kappa shape index (κ3) is 6.80. The lowest BCUT2D eigenvalue weighted by atomic mass is 10.2. The van der Waals surface area contributed by atoms with Crippen molar-refractivity contribution in [2.75, 3.05) is 0 Å². The van der Waals surface area contributed by atoms with Gasteiger partial charge < -0.3 is 5.73 Å². The Bertz CT molecular complexity index is 275.